The molecule has 0 spiro atoms. The van der Waals surface area contributed by atoms with Crippen LogP contribution in [0.2, 0.25) is 0 Å². The number of aromatic nitrogens is 1. The number of rotatable bonds is 3. The van der Waals surface area contributed by atoms with E-state index < -0.39 is 0 Å². The Kier molecular flexibility index (Phi) is 5.13. The van der Waals surface area contributed by atoms with Gasteiger partial charge in [-0.25, -0.2) is 0 Å². The molecule has 0 amide bonds. The van der Waals surface area contributed by atoms with Crippen molar-refractivity contribution in [2.24, 2.45) is 0 Å². The quantitative estimate of drug-likeness (QED) is 0.206. The predicted octanol–water partition coefficient (Wildman–Crippen LogP) is 11.6. The first-order valence-electron chi connectivity index (χ1n) is 14.4. The molecule has 1 nitrogen and oxygen atoms in total. The number of fused-ring (bicyclic) bond motifs is 7. The van der Waals surface area contributed by atoms with E-state index >= 15 is 0 Å². The van der Waals surface area contributed by atoms with Crippen molar-refractivity contribution in [3.05, 3.63) is 152 Å². The molecule has 196 valence electrons. The first kappa shape index (κ1) is 23.5. The summed E-state index contributed by atoms with van der Waals surface area (Å²) in [6, 6.07) is 55.5. The van der Waals surface area contributed by atoms with E-state index in [0.717, 1.165) is 0 Å². The number of hydrogen-bond donors (Lipinski definition) is 0. The van der Waals surface area contributed by atoms with Crippen LogP contribution in [0.15, 0.2) is 152 Å². The Morgan fingerprint density at radius 3 is 2.07 bits per heavy atom. The zero-order valence-electron chi connectivity index (χ0n) is 22.8. The van der Waals surface area contributed by atoms with Crippen molar-refractivity contribution in [2.45, 2.75) is 0 Å². The molecule has 0 saturated heterocycles. The van der Waals surface area contributed by atoms with Gasteiger partial charge in [-0.05, 0) is 64.0 Å². The van der Waals surface area contributed by atoms with Gasteiger partial charge in [0.2, 0.25) is 0 Å². The van der Waals surface area contributed by atoms with Crippen LogP contribution in [0.1, 0.15) is 0 Å². The summed E-state index contributed by atoms with van der Waals surface area (Å²) in [7, 11) is 0. The molecule has 0 aliphatic heterocycles. The minimum atomic E-state index is 1.21. The fraction of sp³-hybridized carbons (Fsp3) is 0. The fourth-order valence-corrected chi connectivity index (χ4v) is 7.81. The lowest BCUT2D eigenvalue weighted by Gasteiger charge is -2.13. The maximum absolute atomic E-state index is 2.47. The van der Waals surface area contributed by atoms with Gasteiger partial charge in [0.05, 0.1) is 16.7 Å². The Morgan fingerprint density at radius 1 is 0.405 bits per heavy atom. The summed E-state index contributed by atoms with van der Waals surface area (Å²) in [5.74, 6) is 0. The summed E-state index contributed by atoms with van der Waals surface area (Å²) in [6.45, 7) is 0. The third-order valence-electron chi connectivity index (χ3n) is 8.59. The highest BCUT2D eigenvalue weighted by molar-refractivity contribution is 7.25. The maximum Gasteiger partial charge on any atom is 0.0547 e. The van der Waals surface area contributed by atoms with Gasteiger partial charge in [0.1, 0.15) is 0 Å². The summed E-state index contributed by atoms with van der Waals surface area (Å²) in [4.78, 5) is 0. The number of thiophene rings is 1. The van der Waals surface area contributed by atoms with Crippen LogP contribution in [0, 0.1) is 0 Å². The van der Waals surface area contributed by atoms with E-state index in [-0.39, 0.29) is 0 Å². The van der Waals surface area contributed by atoms with Crippen LogP contribution in [-0.4, -0.2) is 4.57 Å². The zero-order chi connectivity index (χ0) is 27.6. The van der Waals surface area contributed by atoms with E-state index in [1.807, 2.05) is 11.3 Å². The van der Waals surface area contributed by atoms with Crippen molar-refractivity contribution < 1.29 is 0 Å². The Balaban J connectivity index is 1.38. The van der Waals surface area contributed by atoms with Gasteiger partial charge in [-0.15, -0.1) is 11.3 Å². The molecule has 2 heteroatoms. The van der Waals surface area contributed by atoms with E-state index in [4.69, 9.17) is 0 Å². The lowest BCUT2D eigenvalue weighted by atomic mass is 9.98. The van der Waals surface area contributed by atoms with Gasteiger partial charge in [-0.1, -0.05) is 115 Å². The van der Waals surface area contributed by atoms with Gasteiger partial charge in [0.15, 0.2) is 0 Å². The smallest absolute Gasteiger partial charge is 0.0547 e. The molecule has 0 fully saturated rings. The molecule has 0 atom stereocenters. The van der Waals surface area contributed by atoms with Gasteiger partial charge in [0, 0.05) is 36.3 Å². The molecule has 0 aliphatic carbocycles. The maximum atomic E-state index is 2.47. The fourth-order valence-electron chi connectivity index (χ4n) is 6.68. The Morgan fingerprint density at radius 2 is 1.14 bits per heavy atom. The van der Waals surface area contributed by atoms with Crippen molar-refractivity contribution >= 4 is 64.1 Å². The summed E-state index contributed by atoms with van der Waals surface area (Å²) in [5, 5.41) is 7.71. The summed E-state index contributed by atoms with van der Waals surface area (Å²) in [6.07, 6.45) is 0. The van der Waals surface area contributed by atoms with Crippen LogP contribution in [0.25, 0.3) is 80.7 Å². The lowest BCUT2D eigenvalue weighted by Crippen LogP contribution is -1.95. The lowest BCUT2D eigenvalue weighted by molar-refractivity contribution is 1.20. The molecule has 0 bridgehead atoms. The average molecular weight is 552 g/mol. The minimum absolute atomic E-state index is 1.21. The topological polar surface area (TPSA) is 4.93 Å². The molecule has 9 aromatic rings. The third-order valence-corrected chi connectivity index (χ3v) is 9.73. The van der Waals surface area contributed by atoms with Gasteiger partial charge in [0.25, 0.3) is 0 Å². The molecule has 42 heavy (non-hydrogen) atoms. The standard InChI is InChI=1S/C40H25NS/c1-2-10-26(11-3-1)28-21-23-36-34(24-28)32-22-20-29(31-16-9-19-39-40(31)33-15-6-7-18-38(33)42-39)25-37(32)41(36)35-17-8-13-27-12-4-5-14-30(27)35/h1-25H. The van der Waals surface area contributed by atoms with Gasteiger partial charge < -0.3 is 4.57 Å². The number of hydrogen-bond acceptors (Lipinski definition) is 1. The number of nitrogens with zero attached hydrogens (tertiary/aromatic N) is 1. The molecular formula is C40H25NS. The van der Waals surface area contributed by atoms with E-state index in [1.165, 1.54) is 80.7 Å². The van der Waals surface area contributed by atoms with E-state index in [1.54, 1.807) is 0 Å². The minimum Gasteiger partial charge on any atom is -0.309 e. The van der Waals surface area contributed by atoms with Crippen molar-refractivity contribution in [1.82, 2.24) is 4.57 Å². The van der Waals surface area contributed by atoms with E-state index in [0.29, 0.717) is 0 Å². The molecule has 0 N–H and O–H groups in total. The van der Waals surface area contributed by atoms with E-state index in [2.05, 4.69) is 156 Å². The molecule has 9 rings (SSSR count). The van der Waals surface area contributed by atoms with Crippen molar-refractivity contribution in [3.8, 4) is 27.9 Å². The molecular weight excluding hydrogens is 527 g/mol. The van der Waals surface area contributed by atoms with Crippen LogP contribution in [0.4, 0.5) is 0 Å². The molecule has 2 heterocycles. The van der Waals surface area contributed by atoms with Gasteiger partial charge in [-0.3, -0.25) is 0 Å². The second-order valence-corrected chi connectivity index (χ2v) is 12.0. The second-order valence-electron chi connectivity index (χ2n) is 10.9. The summed E-state index contributed by atoms with van der Waals surface area (Å²) in [5.41, 5.74) is 8.64. The highest BCUT2D eigenvalue weighted by atomic mass is 32.1. The highest BCUT2D eigenvalue weighted by Crippen LogP contribution is 2.42. The predicted molar refractivity (Wildman–Crippen MR) is 182 cm³/mol. The van der Waals surface area contributed by atoms with Crippen LogP contribution < -0.4 is 0 Å². The van der Waals surface area contributed by atoms with Gasteiger partial charge in [-0.2, -0.15) is 0 Å². The SMILES string of the molecule is c1ccc(-c2ccc3c(c2)c2ccc(-c4cccc5sc6ccccc6c45)cc2n3-c2cccc3ccccc23)cc1. The molecule has 7 aromatic carbocycles. The van der Waals surface area contributed by atoms with Crippen LogP contribution in [-0.2, 0) is 0 Å². The Hall–Kier alpha value is -5.18. The van der Waals surface area contributed by atoms with Crippen LogP contribution >= 0.6 is 11.3 Å². The number of benzene rings is 7. The van der Waals surface area contributed by atoms with Crippen molar-refractivity contribution in [3.63, 3.8) is 0 Å². The van der Waals surface area contributed by atoms with Crippen LogP contribution in [0.3, 0.4) is 0 Å². The van der Waals surface area contributed by atoms with Crippen molar-refractivity contribution in [1.29, 1.82) is 0 Å². The first-order valence-corrected chi connectivity index (χ1v) is 15.2. The zero-order valence-corrected chi connectivity index (χ0v) is 23.6. The largest absolute Gasteiger partial charge is 0.309 e. The van der Waals surface area contributed by atoms with E-state index in [9.17, 15) is 0 Å². The summed E-state index contributed by atoms with van der Waals surface area (Å²) >= 11 is 1.87. The molecule has 0 aliphatic rings. The first-order chi connectivity index (χ1) is 20.8. The summed E-state index contributed by atoms with van der Waals surface area (Å²) < 4.78 is 5.13. The van der Waals surface area contributed by atoms with Crippen LogP contribution in [0.5, 0.6) is 0 Å². The monoisotopic (exact) mass is 551 g/mol. The highest BCUT2D eigenvalue weighted by Gasteiger charge is 2.17. The Bertz CT molecular complexity index is 2460. The normalized spacial score (nSPS) is 11.8. The van der Waals surface area contributed by atoms with Crippen molar-refractivity contribution in [2.75, 3.05) is 0 Å². The molecule has 0 unspecified atom stereocenters. The van der Waals surface area contributed by atoms with Gasteiger partial charge >= 0.3 is 0 Å². The average Bonchev–Trinajstić information content (AvgIpc) is 3.60. The molecule has 0 saturated carbocycles. The molecule has 0 radical (unpaired) electrons. The Labute approximate surface area is 247 Å². The third kappa shape index (κ3) is 3.49. The molecule has 2 aromatic heterocycles. The second kappa shape index (κ2) is 9.17.